The Balaban J connectivity index is 2.13. The predicted molar refractivity (Wildman–Crippen MR) is 110 cm³/mol. The Morgan fingerprint density at radius 2 is 1.82 bits per heavy atom. The van der Waals surface area contributed by atoms with Gasteiger partial charge in [0, 0.05) is 23.5 Å². The Labute approximate surface area is 166 Å². The van der Waals surface area contributed by atoms with Crippen LogP contribution in [-0.2, 0) is 11.8 Å². The highest BCUT2D eigenvalue weighted by molar-refractivity contribution is 6.31. The van der Waals surface area contributed by atoms with Crippen molar-refractivity contribution in [2.45, 2.75) is 33.7 Å². The number of hydrogen-bond donors (Lipinski definition) is 1. The lowest BCUT2D eigenvalue weighted by Crippen LogP contribution is -2.44. The summed E-state index contributed by atoms with van der Waals surface area (Å²) in [5, 5.41) is 3.55. The van der Waals surface area contributed by atoms with Gasteiger partial charge in [-0.1, -0.05) is 17.7 Å². The molecule has 146 valence electrons. The Bertz CT molecular complexity index is 1230. The summed E-state index contributed by atoms with van der Waals surface area (Å²) >= 11 is 6.00. The lowest BCUT2D eigenvalue weighted by atomic mass is 10.1. The zero-order valence-electron chi connectivity index (χ0n) is 16.3. The zero-order chi connectivity index (χ0) is 20.7. The van der Waals surface area contributed by atoms with Crippen molar-refractivity contribution in [1.82, 2.24) is 14.1 Å². The van der Waals surface area contributed by atoms with E-state index in [-0.39, 0.29) is 0 Å². The number of aryl methyl sites for hydroxylation is 4. The average molecular weight is 401 g/mol. The van der Waals surface area contributed by atoms with Gasteiger partial charge in [0.15, 0.2) is 0 Å². The van der Waals surface area contributed by atoms with Crippen molar-refractivity contribution < 1.29 is 4.79 Å². The third-order valence-corrected chi connectivity index (χ3v) is 5.03. The fraction of sp³-hybridized carbons (Fsp3) is 0.300. The van der Waals surface area contributed by atoms with E-state index < -0.39 is 23.2 Å². The summed E-state index contributed by atoms with van der Waals surface area (Å²) in [5.41, 5.74) is 1.94. The number of fused-ring (bicyclic) bond motifs is 1. The fourth-order valence-electron chi connectivity index (χ4n) is 3.21. The van der Waals surface area contributed by atoms with E-state index in [0.29, 0.717) is 33.0 Å². The second kappa shape index (κ2) is 7.24. The molecule has 0 aliphatic carbocycles. The lowest BCUT2D eigenvalue weighted by Gasteiger charge is -2.18. The van der Waals surface area contributed by atoms with E-state index in [1.54, 1.807) is 38.1 Å². The molecule has 0 aliphatic rings. The molecule has 1 aromatic carbocycles. The number of benzene rings is 1. The molecule has 1 atom stereocenters. The number of hydrogen-bond acceptors (Lipinski definition) is 4. The van der Waals surface area contributed by atoms with Crippen LogP contribution in [0.5, 0.6) is 0 Å². The van der Waals surface area contributed by atoms with Crippen molar-refractivity contribution in [3.8, 4) is 0 Å². The zero-order valence-corrected chi connectivity index (χ0v) is 17.1. The number of carbonyl (C=O) groups excluding carboxylic acids is 1. The number of pyridine rings is 1. The van der Waals surface area contributed by atoms with Crippen LogP contribution < -0.4 is 16.6 Å². The summed E-state index contributed by atoms with van der Waals surface area (Å²) in [6, 6.07) is 5.88. The van der Waals surface area contributed by atoms with E-state index in [4.69, 9.17) is 11.6 Å². The first-order valence-corrected chi connectivity index (χ1v) is 9.16. The first kappa shape index (κ1) is 19.8. The molecule has 0 saturated carbocycles. The molecule has 0 bridgehead atoms. The standard InChI is InChI=1S/C20H21ClN4O3/c1-10-6-7-14(21)9-15(10)23-18(26)13(4)25-19(27)16-11(2)8-12(3)22-17(16)24(5)20(25)28/h6-9,13H,1-5H3,(H,23,26)/t13-/m0/s1. The minimum atomic E-state index is -1.02. The third kappa shape index (κ3) is 3.33. The Kier molecular flexibility index (Phi) is 5.12. The topological polar surface area (TPSA) is 86.0 Å². The van der Waals surface area contributed by atoms with Crippen molar-refractivity contribution in [3.63, 3.8) is 0 Å². The molecule has 3 aromatic rings. The third-order valence-electron chi connectivity index (χ3n) is 4.79. The van der Waals surface area contributed by atoms with Crippen LogP contribution in [0.1, 0.15) is 29.8 Å². The normalized spacial score (nSPS) is 12.2. The summed E-state index contributed by atoms with van der Waals surface area (Å²) in [6.07, 6.45) is 0. The second-order valence-corrected chi connectivity index (χ2v) is 7.36. The lowest BCUT2D eigenvalue weighted by molar-refractivity contribution is -0.119. The predicted octanol–water partition coefficient (Wildman–Crippen LogP) is 2.87. The van der Waals surface area contributed by atoms with Crippen molar-refractivity contribution in [1.29, 1.82) is 0 Å². The van der Waals surface area contributed by atoms with Crippen LogP contribution in [-0.4, -0.2) is 20.0 Å². The van der Waals surface area contributed by atoms with Crippen molar-refractivity contribution >= 4 is 34.2 Å². The van der Waals surface area contributed by atoms with E-state index in [1.807, 2.05) is 6.92 Å². The van der Waals surface area contributed by atoms with Crippen LogP contribution >= 0.6 is 11.6 Å². The van der Waals surface area contributed by atoms with E-state index in [1.165, 1.54) is 18.5 Å². The van der Waals surface area contributed by atoms with Gasteiger partial charge in [-0.3, -0.25) is 14.2 Å². The van der Waals surface area contributed by atoms with Crippen LogP contribution in [0, 0.1) is 20.8 Å². The van der Waals surface area contributed by atoms with Gasteiger partial charge in [-0.25, -0.2) is 14.3 Å². The van der Waals surface area contributed by atoms with Gasteiger partial charge >= 0.3 is 5.69 Å². The summed E-state index contributed by atoms with van der Waals surface area (Å²) in [7, 11) is 1.54. The molecular formula is C20H21ClN4O3. The minimum Gasteiger partial charge on any atom is -0.324 e. The first-order valence-electron chi connectivity index (χ1n) is 8.78. The largest absolute Gasteiger partial charge is 0.333 e. The Hall–Kier alpha value is -2.93. The molecule has 28 heavy (non-hydrogen) atoms. The van der Waals surface area contributed by atoms with Crippen molar-refractivity contribution in [2.75, 3.05) is 5.32 Å². The van der Waals surface area contributed by atoms with Crippen LogP contribution in [0.3, 0.4) is 0 Å². The van der Waals surface area contributed by atoms with Gasteiger partial charge in [0.05, 0.1) is 5.39 Å². The van der Waals surface area contributed by atoms with E-state index in [0.717, 1.165) is 10.1 Å². The van der Waals surface area contributed by atoms with Crippen molar-refractivity contribution in [3.05, 3.63) is 66.9 Å². The quantitative estimate of drug-likeness (QED) is 0.732. The molecule has 2 aromatic heterocycles. The molecule has 0 radical (unpaired) electrons. The van der Waals surface area contributed by atoms with Gasteiger partial charge in [0.1, 0.15) is 11.7 Å². The summed E-state index contributed by atoms with van der Waals surface area (Å²) in [5.74, 6) is -0.485. The molecule has 0 fully saturated rings. The molecule has 2 heterocycles. The van der Waals surface area contributed by atoms with Gasteiger partial charge in [0.25, 0.3) is 5.56 Å². The fourth-order valence-corrected chi connectivity index (χ4v) is 3.38. The highest BCUT2D eigenvalue weighted by Crippen LogP contribution is 2.21. The van der Waals surface area contributed by atoms with Gasteiger partial charge < -0.3 is 5.32 Å². The van der Waals surface area contributed by atoms with E-state index in [2.05, 4.69) is 10.3 Å². The van der Waals surface area contributed by atoms with E-state index in [9.17, 15) is 14.4 Å². The molecular weight excluding hydrogens is 380 g/mol. The molecule has 8 heteroatoms. The van der Waals surface area contributed by atoms with Gasteiger partial charge in [-0.15, -0.1) is 0 Å². The average Bonchev–Trinajstić information content (AvgIpc) is 2.62. The maximum absolute atomic E-state index is 13.1. The monoisotopic (exact) mass is 400 g/mol. The van der Waals surface area contributed by atoms with Crippen LogP contribution in [0.4, 0.5) is 5.69 Å². The number of nitrogens with one attached hydrogen (secondary N) is 1. The number of nitrogens with zero attached hydrogens (tertiary/aromatic N) is 3. The second-order valence-electron chi connectivity index (χ2n) is 6.92. The highest BCUT2D eigenvalue weighted by Gasteiger charge is 2.23. The number of rotatable bonds is 3. The summed E-state index contributed by atoms with van der Waals surface area (Å²) in [6.45, 7) is 6.93. The molecule has 7 nitrogen and oxygen atoms in total. The maximum Gasteiger partial charge on any atom is 0.333 e. The molecule has 0 spiro atoms. The smallest absolute Gasteiger partial charge is 0.324 e. The van der Waals surface area contributed by atoms with Gasteiger partial charge in [-0.2, -0.15) is 0 Å². The minimum absolute atomic E-state index is 0.307. The SMILES string of the molecule is Cc1cc(C)c2c(=O)n([C@@H](C)C(=O)Nc3cc(Cl)ccc3C)c(=O)n(C)c2n1. The maximum atomic E-state index is 13.1. The Morgan fingerprint density at radius 1 is 1.14 bits per heavy atom. The molecule has 1 N–H and O–H groups in total. The number of amides is 1. The molecule has 1 amide bonds. The number of carbonyl (C=O) groups is 1. The van der Waals surface area contributed by atoms with Crippen molar-refractivity contribution in [2.24, 2.45) is 7.05 Å². The number of anilines is 1. The van der Waals surface area contributed by atoms with Crippen LogP contribution in [0.2, 0.25) is 5.02 Å². The Morgan fingerprint density at radius 3 is 2.50 bits per heavy atom. The van der Waals surface area contributed by atoms with Gasteiger partial charge in [-0.05, 0) is 57.0 Å². The van der Waals surface area contributed by atoms with Gasteiger partial charge in [0.2, 0.25) is 5.91 Å². The highest BCUT2D eigenvalue weighted by atomic mass is 35.5. The van der Waals surface area contributed by atoms with Crippen LogP contribution in [0.25, 0.3) is 11.0 Å². The van der Waals surface area contributed by atoms with E-state index >= 15 is 0 Å². The summed E-state index contributed by atoms with van der Waals surface area (Å²) < 4.78 is 2.26. The molecule has 0 saturated heterocycles. The first-order chi connectivity index (χ1) is 13.1. The number of aromatic nitrogens is 3. The van der Waals surface area contributed by atoms with Crippen LogP contribution in [0.15, 0.2) is 33.9 Å². The molecule has 3 rings (SSSR count). The number of halogens is 1. The molecule has 0 aliphatic heterocycles. The summed E-state index contributed by atoms with van der Waals surface area (Å²) in [4.78, 5) is 43.0. The molecule has 0 unspecified atom stereocenters.